The van der Waals surface area contributed by atoms with Crippen LogP contribution in [0.1, 0.15) is 37.9 Å². The minimum absolute atomic E-state index is 0.301. The Morgan fingerprint density at radius 3 is 2.78 bits per heavy atom. The molecule has 0 amide bonds. The summed E-state index contributed by atoms with van der Waals surface area (Å²) in [4.78, 5) is 24.0. The summed E-state index contributed by atoms with van der Waals surface area (Å²) in [5.41, 5.74) is 2.42. The average molecular weight is 307 g/mol. The zero-order chi connectivity index (χ0) is 16.2. The highest BCUT2D eigenvalue weighted by Gasteiger charge is 2.28. The van der Waals surface area contributed by atoms with Gasteiger partial charge in [-0.2, -0.15) is 5.26 Å². The number of carbonyl (C=O) groups excluding carboxylic acids is 2. The predicted octanol–water partition coefficient (Wildman–Crippen LogP) is 2.82. The lowest BCUT2D eigenvalue weighted by atomic mass is 9.93. The van der Waals surface area contributed by atoms with Gasteiger partial charge in [0.05, 0.1) is 11.1 Å². The average Bonchev–Trinajstić information content (AvgIpc) is 2.59. The smallest absolute Gasteiger partial charge is 0.339 e. The summed E-state index contributed by atoms with van der Waals surface area (Å²) in [5.74, 6) is -0.985. The number of ether oxygens (including phenoxy) is 2. The first kappa shape index (κ1) is 14.8. The van der Waals surface area contributed by atoms with E-state index in [1.165, 1.54) is 6.07 Å². The maximum Gasteiger partial charge on any atom is 0.339 e. The minimum atomic E-state index is -0.579. The fraction of sp³-hybridized carbons (Fsp3) is 0.167. The van der Waals surface area contributed by atoms with E-state index in [1.54, 1.807) is 18.2 Å². The Hall–Kier alpha value is -3.13. The Morgan fingerprint density at radius 1 is 1.26 bits per heavy atom. The van der Waals surface area contributed by atoms with Crippen LogP contribution in [0.2, 0.25) is 0 Å². The van der Waals surface area contributed by atoms with Crippen LogP contribution in [0.3, 0.4) is 0 Å². The van der Waals surface area contributed by atoms with Crippen LogP contribution in [0.15, 0.2) is 48.5 Å². The lowest BCUT2D eigenvalue weighted by Crippen LogP contribution is -2.22. The second kappa shape index (κ2) is 6.32. The van der Waals surface area contributed by atoms with Crippen molar-refractivity contribution in [2.75, 3.05) is 6.61 Å². The van der Waals surface area contributed by atoms with Crippen molar-refractivity contribution in [3.05, 3.63) is 70.8 Å². The summed E-state index contributed by atoms with van der Waals surface area (Å²) < 4.78 is 10.3. The summed E-state index contributed by atoms with van der Waals surface area (Å²) >= 11 is 0. The number of hydrogen-bond donors (Lipinski definition) is 0. The van der Waals surface area contributed by atoms with Gasteiger partial charge in [0.2, 0.25) is 0 Å². The van der Waals surface area contributed by atoms with Gasteiger partial charge in [-0.25, -0.2) is 9.59 Å². The van der Waals surface area contributed by atoms with E-state index >= 15 is 0 Å². The van der Waals surface area contributed by atoms with Crippen LogP contribution in [0.25, 0.3) is 0 Å². The highest BCUT2D eigenvalue weighted by atomic mass is 16.5. The SMILES string of the molecule is N#CCOC(=O)c1ccc2c(c1)C[C@H](c1ccccc1)OC2=O. The molecule has 1 atom stereocenters. The normalized spacial score (nSPS) is 16.0. The third-order valence-electron chi connectivity index (χ3n) is 3.65. The number of benzene rings is 2. The minimum Gasteiger partial charge on any atom is -0.454 e. The molecular weight excluding hydrogens is 294 g/mol. The number of fused-ring (bicyclic) bond motifs is 1. The lowest BCUT2D eigenvalue weighted by Gasteiger charge is -2.25. The molecule has 0 spiro atoms. The second-order valence-electron chi connectivity index (χ2n) is 5.11. The first-order valence-corrected chi connectivity index (χ1v) is 7.12. The lowest BCUT2D eigenvalue weighted by molar-refractivity contribution is 0.0251. The molecule has 2 aromatic rings. The number of esters is 2. The molecule has 0 N–H and O–H groups in total. The quantitative estimate of drug-likeness (QED) is 0.815. The Labute approximate surface area is 133 Å². The molecule has 0 radical (unpaired) electrons. The maximum atomic E-state index is 12.1. The molecule has 2 aromatic carbocycles. The molecule has 0 saturated heterocycles. The monoisotopic (exact) mass is 307 g/mol. The van der Waals surface area contributed by atoms with Gasteiger partial charge in [0, 0.05) is 6.42 Å². The molecule has 114 valence electrons. The number of carbonyl (C=O) groups is 2. The van der Waals surface area contributed by atoms with E-state index in [-0.39, 0.29) is 12.7 Å². The summed E-state index contributed by atoms with van der Waals surface area (Å²) in [6.45, 7) is -0.301. The highest BCUT2D eigenvalue weighted by molar-refractivity contribution is 5.95. The van der Waals surface area contributed by atoms with Crippen molar-refractivity contribution in [3.63, 3.8) is 0 Å². The van der Waals surface area contributed by atoms with Crippen molar-refractivity contribution in [2.45, 2.75) is 12.5 Å². The van der Waals surface area contributed by atoms with Gasteiger partial charge in [0.25, 0.3) is 0 Å². The van der Waals surface area contributed by atoms with E-state index in [2.05, 4.69) is 0 Å². The highest BCUT2D eigenvalue weighted by Crippen LogP contribution is 2.31. The van der Waals surface area contributed by atoms with Crippen molar-refractivity contribution < 1.29 is 19.1 Å². The second-order valence-corrected chi connectivity index (χ2v) is 5.11. The molecule has 3 rings (SSSR count). The van der Waals surface area contributed by atoms with Gasteiger partial charge in [0.15, 0.2) is 6.61 Å². The molecule has 5 nitrogen and oxygen atoms in total. The first-order chi connectivity index (χ1) is 11.2. The summed E-state index contributed by atoms with van der Waals surface area (Å²) in [6.07, 6.45) is 0.117. The van der Waals surface area contributed by atoms with Crippen LogP contribution in [0.5, 0.6) is 0 Å². The molecule has 0 aromatic heterocycles. The number of nitrogens with zero attached hydrogens (tertiary/aromatic N) is 1. The van der Waals surface area contributed by atoms with E-state index in [0.29, 0.717) is 17.5 Å². The topological polar surface area (TPSA) is 76.4 Å². The van der Waals surface area contributed by atoms with Crippen LogP contribution >= 0.6 is 0 Å². The fourth-order valence-corrected chi connectivity index (χ4v) is 2.56. The van der Waals surface area contributed by atoms with Crippen molar-refractivity contribution in [3.8, 4) is 6.07 Å². The fourth-order valence-electron chi connectivity index (χ4n) is 2.56. The molecule has 1 aliphatic rings. The molecule has 0 bridgehead atoms. The van der Waals surface area contributed by atoms with Crippen LogP contribution < -0.4 is 0 Å². The largest absolute Gasteiger partial charge is 0.454 e. The van der Waals surface area contributed by atoms with Gasteiger partial charge in [0.1, 0.15) is 12.2 Å². The van der Waals surface area contributed by atoms with Crippen molar-refractivity contribution in [1.29, 1.82) is 5.26 Å². The van der Waals surface area contributed by atoms with E-state index in [1.807, 2.05) is 30.3 Å². The van der Waals surface area contributed by atoms with Crippen molar-refractivity contribution in [1.82, 2.24) is 0 Å². The molecule has 0 saturated carbocycles. The van der Waals surface area contributed by atoms with Crippen LogP contribution in [-0.4, -0.2) is 18.5 Å². The van der Waals surface area contributed by atoms with Gasteiger partial charge in [-0.1, -0.05) is 30.3 Å². The third kappa shape index (κ3) is 3.06. The maximum absolute atomic E-state index is 12.1. The van der Waals surface area contributed by atoms with Gasteiger partial charge in [-0.05, 0) is 29.3 Å². The Morgan fingerprint density at radius 2 is 2.04 bits per heavy atom. The van der Waals surface area contributed by atoms with Crippen LogP contribution in [-0.2, 0) is 15.9 Å². The van der Waals surface area contributed by atoms with E-state index in [0.717, 1.165) is 11.1 Å². The summed E-state index contributed by atoms with van der Waals surface area (Å²) in [7, 11) is 0. The third-order valence-corrected chi connectivity index (χ3v) is 3.65. The Bertz CT molecular complexity index is 792. The number of hydrogen-bond acceptors (Lipinski definition) is 5. The molecule has 1 aliphatic heterocycles. The van der Waals surface area contributed by atoms with Crippen LogP contribution in [0.4, 0.5) is 0 Å². The molecule has 23 heavy (non-hydrogen) atoms. The molecule has 1 heterocycles. The summed E-state index contributed by atoms with van der Waals surface area (Å²) in [6, 6.07) is 15.9. The molecule has 0 fully saturated rings. The summed E-state index contributed by atoms with van der Waals surface area (Å²) in [5, 5.41) is 8.46. The van der Waals surface area contributed by atoms with Crippen LogP contribution in [0, 0.1) is 11.3 Å². The molecule has 0 aliphatic carbocycles. The first-order valence-electron chi connectivity index (χ1n) is 7.12. The molecular formula is C18H13NO4. The van der Waals surface area contributed by atoms with E-state index < -0.39 is 11.9 Å². The molecule has 5 heteroatoms. The predicted molar refractivity (Wildman–Crippen MR) is 80.6 cm³/mol. The van der Waals surface area contributed by atoms with E-state index in [4.69, 9.17) is 14.7 Å². The standard InChI is InChI=1S/C18H13NO4/c19-8-9-22-17(20)13-6-7-15-14(10-13)11-16(23-18(15)21)12-4-2-1-3-5-12/h1-7,10,16H,9,11H2/t16-/m1/s1. The number of nitriles is 1. The van der Waals surface area contributed by atoms with Crippen molar-refractivity contribution in [2.24, 2.45) is 0 Å². The number of rotatable bonds is 3. The number of cyclic esters (lactones) is 1. The zero-order valence-corrected chi connectivity index (χ0v) is 12.2. The van der Waals surface area contributed by atoms with Gasteiger partial charge < -0.3 is 9.47 Å². The van der Waals surface area contributed by atoms with Gasteiger partial charge in [-0.15, -0.1) is 0 Å². The Kier molecular flexibility index (Phi) is 4.07. The van der Waals surface area contributed by atoms with Crippen molar-refractivity contribution >= 4 is 11.9 Å². The van der Waals surface area contributed by atoms with E-state index in [9.17, 15) is 9.59 Å². The Balaban J connectivity index is 1.88. The van der Waals surface area contributed by atoms with Gasteiger partial charge >= 0.3 is 11.9 Å². The zero-order valence-electron chi connectivity index (χ0n) is 12.2. The van der Waals surface area contributed by atoms with Gasteiger partial charge in [-0.3, -0.25) is 0 Å². The molecule has 0 unspecified atom stereocenters.